The quantitative estimate of drug-likeness (QED) is 0.797. The minimum absolute atomic E-state index is 0.106. The number of pyridine rings is 1. The summed E-state index contributed by atoms with van der Waals surface area (Å²) in [5.74, 6) is -0.106. The standard InChI is InChI=1S/C13H13N3O/c1-16(12-5-3-2-4-11(12)14)13(17)10-6-8-15-9-7-10/h2-9H,14H2,1H3. The van der Waals surface area contributed by atoms with Crippen LogP contribution in [0.4, 0.5) is 11.4 Å². The molecule has 4 nitrogen and oxygen atoms in total. The highest BCUT2D eigenvalue weighted by Crippen LogP contribution is 2.22. The van der Waals surface area contributed by atoms with Gasteiger partial charge in [0.05, 0.1) is 11.4 Å². The summed E-state index contributed by atoms with van der Waals surface area (Å²) in [5.41, 5.74) is 7.70. The normalized spacial score (nSPS) is 9.94. The average molecular weight is 227 g/mol. The number of aromatic nitrogens is 1. The summed E-state index contributed by atoms with van der Waals surface area (Å²) in [5, 5.41) is 0. The van der Waals surface area contributed by atoms with E-state index in [0.29, 0.717) is 16.9 Å². The van der Waals surface area contributed by atoms with Gasteiger partial charge in [0.15, 0.2) is 0 Å². The zero-order valence-electron chi connectivity index (χ0n) is 9.50. The highest BCUT2D eigenvalue weighted by molar-refractivity contribution is 6.07. The van der Waals surface area contributed by atoms with E-state index in [4.69, 9.17) is 5.73 Å². The highest BCUT2D eigenvalue weighted by Gasteiger charge is 2.14. The topological polar surface area (TPSA) is 59.2 Å². The average Bonchev–Trinajstić information content (AvgIpc) is 2.39. The van der Waals surface area contributed by atoms with Crippen LogP contribution in [-0.2, 0) is 0 Å². The number of anilines is 2. The van der Waals surface area contributed by atoms with Gasteiger partial charge >= 0.3 is 0 Å². The zero-order valence-corrected chi connectivity index (χ0v) is 9.50. The summed E-state index contributed by atoms with van der Waals surface area (Å²) < 4.78 is 0. The van der Waals surface area contributed by atoms with Crippen molar-refractivity contribution in [2.75, 3.05) is 17.7 Å². The third-order valence-corrected chi connectivity index (χ3v) is 2.53. The maximum absolute atomic E-state index is 12.1. The lowest BCUT2D eigenvalue weighted by molar-refractivity contribution is 0.0993. The second-order valence-corrected chi connectivity index (χ2v) is 3.66. The molecule has 2 rings (SSSR count). The highest BCUT2D eigenvalue weighted by atomic mass is 16.2. The fourth-order valence-corrected chi connectivity index (χ4v) is 1.59. The summed E-state index contributed by atoms with van der Waals surface area (Å²) >= 11 is 0. The summed E-state index contributed by atoms with van der Waals surface area (Å²) in [4.78, 5) is 17.6. The number of amides is 1. The van der Waals surface area contributed by atoms with Crippen LogP contribution in [0.1, 0.15) is 10.4 Å². The number of benzene rings is 1. The lowest BCUT2D eigenvalue weighted by Gasteiger charge is -2.18. The summed E-state index contributed by atoms with van der Waals surface area (Å²) in [7, 11) is 1.70. The van der Waals surface area contributed by atoms with Crippen LogP contribution in [0.5, 0.6) is 0 Å². The molecular formula is C13H13N3O. The van der Waals surface area contributed by atoms with E-state index in [0.717, 1.165) is 0 Å². The number of hydrogen-bond donors (Lipinski definition) is 1. The molecule has 0 saturated heterocycles. The Bertz CT molecular complexity index is 525. The van der Waals surface area contributed by atoms with E-state index >= 15 is 0 Å². The molecule has 2 N–H and O–H groups in total. The molecule has 2 aromatic rings. The minimum Gasteiger partial charge on any atom is -0.397 e. The summed E-state index contributed by atoms with van der Waals surface area (Å²) in [6.45, 7) is 0. The van der Waals surface area contributed by atoms with Gasteiger partial charge in [0.25, 0.3) is 5.91 Å². The Morgan fingerprint density at radius 1 is 1.18 bits per heavy atom. The van der Waals surface area contributed by atoms with E-state index in [-0.39, 0.29) is 5.91 Å². The van der Waals surface area contributed by atoms with Gasteiger partial charge in [0.1, 0.15) is 0 Å². The van der Waals surface area contributed by atoms with Crippen molar-refractivity contribution in [1.29, 1.82) is 0 Å². The predicted molar refractivity (Wildman–Crippen MR) is 67.8 cm³/mol. The van der Waals surface area contributed by atoms with E-state index in [1.807, 2.05) is 18.2 Å². The minimum atomic E-state index is -0.106. The SMILES string of the molecule is CN(C(=O)c1ccncc1)c1ccccc1N. The predicted octanol–water partition coefficient (Wildman–Crippen LogP) is 1.94. The number of carbonyl (C=O) groups excluding carboxylic acids is 1. The molecule has 1 aromatic heterocycles. The molecule has 86 valence electrons. The molecule has 17 heavy (non-hydrogen) atoms. The van der Waals surface area contributed by atoms with E-state index in [2.05, 4.69) is 4.98 Å². The monoisotopic (exact) mass is 227 g/mol. The fraction of sp³-hybridized carbons (Fsp3) is 0.0769. The van der Waals surface area contributed by atoms with Crippen molar-refractivity contribution in [3.05, 3.63) is 54.4 Å². The van der Waals surface area contributed by atoms with E-state index < -0.39 is 0 Å². The molecule has 0 aliphatic carbocycles. The summed E-state index contributed by atoms with van der Waals surface area (Å²) in [6, 6.07) is 10.6. The smallest absolute Gasteiger partial charge is 0.258 e. The van der Waals surface area contributed by atoms with Gasteiger partial charge in [0, 0.05) is 25.0 Å². The second kappa shape index (κ2) is 4.65. The Balaban J connectivity index is 2.30. The van der Waals surface area contributed by atoms with Gasteiger partial charge in [-0.25, -0.2) is 0 Å². The van der Waals surface area contributed by atoms with Crippen molar-refractivity contribution >= 4 is 17.3 Å². The number of nitrogen functional groups attached to an aromatic ring is 1. The van der Waals surface area contributed by atoms with Crippen LogP contribution in [0, 0.1) is 0 Å². The van der Waals surface area contributed by atoms with Crippen molar-refractivity contribution < 1.29 is 4.79 Å². The van der Waals surface area contributed by atoms with Crippen LogP contribution < -0.4 is 10.6 Å². The van der Waals surface area contributed by atoms with Gasteiger partial charge < -0.3 is 10.6 Å². The molecule has 0 radical (unpaired) electrons. The van der Waals surface area contributed by atoms with E-state index in [9.17, 15) is 4.79 Å². The molecule has 1 heterocycles. The first kappa shape index (κ1) is 11.1. The number of carbonyl (C=O) groups is 1. The lowest BCUT2D eigenvalue weighted by Crippen LogP contribution is -2.26. The maximum Gasteiger partial charge on any atom is 0.258 e. The number of hydrogen-bond acceptors (Lipinski definition) is 3. The van der Waals surface area contributed by atoms with E-state index in [1.165, 1.54) is 4.90 Å². The largest absolute Gasteiger partial charge is 0.397 e. The first-order chi connectivity index (χ1) is 8.20. The Morgan fingerprint density at radius 3 is 2.47 bits per heavy atom. The Hall–Kier alpha value is -2.36. The molecule has 0 aliphatic heterocycles. The van der Waals surface area contributed by atoms with Crippen LogP contribution >= 0.6 is 0 Å². The van der Waals surface area contributed by atoms with Crippen molar-refractivity contribution in [2.45, 2.75) is 0 Å². The molecule has 0 saturated carbocycles. The Labute approximate surface area is 99.7 Å². The first-order valence-electron chi connectivity index (χ1n) is 5.22. The van der Waals surface area contributed by atoms with E-state index in [1.54, 1.807) is 37.6 Å². The van der Waals surface area contributed by atoms with Gasteiger partial charge in [-0.15, -0.1) is 0 Å². The van der Waals surface area contributed by atoms with Crippen molar-refractivity contribution in [2.24, 2.45) is 0 Å². The van der Waals surface area contributed by atoms with Crippen molar-refractivity contribution in [3.8, 4) is 0 Å². The zero-order chi connectivity index (χ0) is 12.3. The first-order valence-corrected chi connectivity index (χ1v) is 5.22. The molecule has 1 aromatic carbocycles. The second-order valence-electron chi connectivity index (χ2n) is 3.66. The Morgan fingerprint density at radius 2 is 1.82 bits per heavy atom. The van der Waals surface area contributed by atoms with Crippen molar-refractivity contribution in [1.82, 2.24) is 4.98 Å². The molecule has 4 heteroatoms. The summed E-state index contributed by atoms with van der Waals surface area (Å²) in [6.07, 6.45) is 3.19. The molecule has 0 unspecified atom stereocenters. The lowest BCUT2D eigenvalue weighted by atomic mass is 10.2. The van der Waals surface area contributed by atoms with Gasteiger partial charge in [-0.1, -0.05) is 12.1 Å². The molecule has 0 bridgehead atoms. The molecular weight excluding hydrogens is 214 g/mol. The third kappa shape index (κ3) is 2.25. The van der Waals surface area contributed by atoms with Crippen LogP contribution in [-0.4, -0.2) is 17.9 Å². The van der Waals surface area contributed by atoms with Crippen LogP contribution in [0.15, 0.2) is 48.8 Å². The number of rotatable bonds is 2. The van der Waals surface area contributed by atoms with Gasteiger partial charge in [-0.05, 0) is 24.3 Å². The maximum atomic E-state index is 12.1. The third-order valence-electron chi connectivity index (χ3n) is 2.53. The van der Waals surface area contributed by atoms with Gasteiger partial charge in [-0.2, -0.15) is 0 Å². The van der Waals surface area contributed by atoms with Crippen LogP contribution in [0.3, 0.4) is 0 Å². The molecule has 1 amide bonds. The Kier molecular flexibility index (Phi) is 3.05. The van der Waals surface area contributed by atoms with Crippen LogP contribution in [0.25, 0.3) is 0 Å². The number of nitrogens with zero attached hydrogens (tertiary/aromatic N) is 2. The van der Waals surface area contributed by atoms with Crippen LogP contribution in [0.2, 0.25) is 0 Å². The van der Waals surface area contributed by atoms with Gasteiger partial charge in [-0.3, -0.25) is 9.78 Å². The molecule has 0 aliphatic rings. The van der Waals surface area contributed by atoms with Crippen molar-refractivity contribution in [3.63, 3.8) is 0 Å². The number of para-hydroxylation sites is 2. The molecule has 0 atom stereocenters. The number of nitrogens with two attached hydrogens (primary N) is 1. The molecule has 0 fully saturated rings. The fourth-order valence-electron chi connectivity index (χ4n) is 1.59. The molecule has 0 spiro atoms. The van der Waals surface area contributed by atoms with Gasteiger partial charge in [0.2, 0.25) is 0 Å².